The Balaban J connectivity index is 1.87. The van der Waals surface area contributed by atoms with Crippen LogP contribution in [-0.4, -0.2) is 16.8 Å². The summed E-state index contributed by atoms with van der Waals surface area (Å²) in [5.41, 5.74) is 3.29. The SMILES string of the molecule is C[C@@H]1Cc2ccccc2CN1C(=O)c1ccc(Cl)cc1. The maximum absolute atomic E-state index is 12.6. The molecule has 2 aromatic rings. The number of fused-ring (bicyclic) bond motifs is 1. The molecule has 0 bridgehead atoms. The van der Waals surface area contributed by atoms with E-state index in [1.807, 2.05) is 11.0 Å². The van der Waals surface area contributed by atoms with Gasteiger partial charge in [0.15, 0.2) is 0 Å². The molecule has 0 radical (unpaired) electrons. The predicted molar refractivity (Wildman–Crippen MR) is 80.9 cm³/mol. The molecule has 20 heavy (non-hydrogen) atoms. The van der Waals surface area contributed by atoms with Gasteiger partial charge in [0.2, 0.25) is 0 Å². The van der Waals surface area contributed by atoms with Crippen LogP contribution in [0.2, 0.25) is 5.02 Å². The van der Waals surface area contributed by atoms with Crippen molar-refractivity contribution in [2.24, 2.45) is 0 Å². The number of benzene rings is 2. The number of rotatable bonds is 1. The van der Waals surface area contributed by atoms with E-state index in [0.29, 0.717) is 17.1 Å². The van der Waals surface area contributed by atoms with Crippen molar-refractivity contribution in [2.75, 3.05) is 0 Å². The van der Waals surface area contributed by atoms with Crippen LogP contribution in [0.15, 0.2) is 48.5 Å². The van der Waals surface area contributed by atoms with Crippen LogP contribution < -0.4 is 0 Å². The standard InChI is InChI=1S/C17H16ClNO/c1-12-10-14-4-2-3-5-15(14)11-19(12)17(20)13-6-8-16(18)9-7-13/h2-9,12H,10-11H2,1H3/t12-/m1/s1. The van der Waals surface area contributed by atoms with Crippen LogP contribution in [0.5, 0.6) is 0 Å². The molecule has 1 atom stereocenters. The van der Waals surface area contributed by atoms with Gasteiger partial charge in [0.25, 0.3) is 5.91 Å². The fourth-order valence-corrected chi connectivity index (χ4v) is 2.83. The zero-order valence-corrected chi connectivity index (χ0v) is 12.1. The minimum atomic E-state index is 0.0728. The summed E-state index contributed by atoms with van der Waals surface area (Å²) in [6.45, 7) is 2.78. The summed E-state index contributed by atoms with van der Waals surface area (Å²) in [4.78, 5) is 14.6. The van der Waals surface area contributed by atoms with Crippen molar-refractivity contribution in [2.45, 2.75) is 25.9 Å². The van der Waals surface area contributed by atoms with E-state index in [0.717, 1.165) is 6.42 Å². The molecule has 2 aromatic carbocycles. The largest absolute Gasteiger partial charge is 0.331 e. The molecule has 0 aromatic heterocycles. The Morgan fingerprint density at radius 2 is 1.75 bits per heavy atom. The predicted octanol–water partition coefficient (Wildman–Crippen LogP) is 3.93. The molecule has 1 heterocycles. The lowest BCUT2D eigenvalue weighted by Gasteiger charge is -2.35. The molecule has 102 valence electrons. The lowest BCUT2D eigenvalue weighted by molar-refractivity contribution is 0.0658. The highest BCUT2D eigenvalue weighted by atomic mass is 35.5. The first-order valence-corrected chi connectivity index (χ1v) is 7.16. The lowest BCUT2D eigenvalue weighted by atomic mass is 9.94. The summed E-state index contributed by atoms with van der Waals surface area (Å²) in [5.74, 6) is 0.0728. The molecule has 2 nitrogen and oxygen atoms in total. The third kappa shape index (κ3) is 2.44. The van der Waals surface area contributed by atoms with Gasteiger partial charge in [-0.05, 0) is 48.7 Å². The van der Waals surface area contributed by atoms with Gasteiger partial charge < -0.3 is 4.90 Å². The summed E-state index contributed by atoms with van der Waals surface area (Å²) in [6, 6.07) is 15.7. The second-order valence-corrected chi connectivity index (χ2v) is 5.70. The van der Waals surface area contributed by atoms with Crippen LogP contribution in [0, 0.1) is 0 Å². The van der Waals surface area contributed by atoms with E-state index in [1.54, 1.807) is 24.3 Å². The second-order valence-electron chi connectivity index (χ2n) is 5.26. The van der Waals surface area contributed by atoms with Gasteiger partial charge in [-0.25, -0.2) is 0 Å². The van der Waals surface area contributed by atoms with Crippen LogP contribution in [0.3, 0.4) is 0 Å². The van der Waals surface area contributed by atoms with Crippen molar-refractivity contribution in [1.82, 2.24) is 4.90 Å². The second kappa shape index (κ2) is 5.29. The van der Waals surface area contributed by atoms with Gasteiger partial charge in [-0.2, -0.15) is 0 Å². The van der Waals surface area contributed by atoms with Gasteiger partial charge in [0.1, 0.15) is 0 Å². The number of hydrogen-bond acceptors (Lipinski definition) is 1. The molecule has 1 amide bonds. The molecule has 1 aliphatic heterocycles. The van der Waals surface area contributed by atoms with Crippen molar-refractivity contribution in [3.05, 3.63) is 70.2 Å². The first-order chi connectivity index (χ1) is 9.65. The maximum atomic E-state index is 12.6. The molecule has 0 spiro atoms. The summed E-state index contributed by atoms with van der Waals surface area (Å²) >= 11 is 5.87. The van der Waals surface area contributed by atoms with Crippen LogP contribution >= 0.6 is 11.6 Å². The number of halogens is 1. The highest BCUT2D eigenvalue weighted by Gasteiger charge is 2.27. The number of nitrogens with zero attached hydrogens (tertiary/aromatic N) is 1. The Kier molecular flexibility index (Phi) is 3.49. The van der Waals surface area contributed by atoms with E-state index < -0.39 is 0 Å². The fraction of sp³-hybridized carbons (Fsp3) is 0.235. The Labute approximate surface area is 124 Å². The van der Waals surface area contributed by atoms with Crippen LogP contribution in [0.4, 0.5) is 0 Å². The third-order valence-electron chi connectivity index (χ3n) is 3.86. The first kappa shape index (κ1) is 13.2. The zero-order chi connectivity index (χ0) is 14.1. The minimum absolute atomic E-state index is 0.0728. The van der Waals surface area contributed by atoms with E-state index in [-0.39, 0.29) is 11.9 Å². The van der Waals surface area contributed by atoms with Crippen molar-refractivity contribution in [1.29, 1.82) is 0 Å². The number of hydrogen-bond donors (Lipinski definition) is 0. The molecule has 1 aliphatic rings. The first-order valence-electron chi connectivity index (χ1n) is 6.78. The Hall–Kier alpha value is -1.80. The summed E-state index contributed by atoms with van der Waals surface area (Å²) in [5, 5.41) is 0.651. The molecule has 0 saturated heterocycles. The summed E-state index contributed by atoms with van der Waals surface area (Å²) < 4.78 is 0. The van der Waals surface area contributed by atoms with Gasteiger partial charge in [0.05, 0.1) is 0 Å². The molecule has 3 heteroatoms. The fourth-order valence-electron chi connectivity index (χ4n) is 2.71. The van der Waals surface area contributed by atoms with Crippen molar-refractivity contribution in [3.63, 3.8) is 0 Å². The Morgan fingerprint density at radius 3 is 2.45 bits per heavy atom. The average molecular weight is 286 g/mol. The topological polar surface area (TPSA) is 20.3 Å². The van der Waals surface area contributed by atoms with E-state index >= 15 is 0 Å². The van der Waals surface area contributed by atoms with Gasteiger partial charge in [-0.1, -0.05) is 35.9 Å². The molecule has 0 fully saturated rings. The van der Waals surface area contributed by atoms with Crippen LogP contribution in [0.1, 0.15) is 28.4 Å². The highest BCUT2D eigenvalue weighted by Crippen LogP contribution is 2.25. The van der Waals surface area contributed by atoms with E-state index in [4.69, 9.17) is 11.6 Å². The smallest absolute Gasteiger partial charge is 0.254 e. The summed E-state index contributed by atoms with van der Waals surface area (Å²) in [6.07, 6.45) is 0.912. The average Bonchev–Trinajstić information content (AvgIpc) is 2.46. The van der Waals surface area contributed by atoms with E-state index in [2.05, 4.69) is 25.1 Å². The molecule has 0 saturated carbocycles. The lowest BCUT2D eigenvalue weighted by Crippen LogP contribution is -2.42. The molecule has 0 unspecified atom stereocenters. The van der Waals surface area contributed by atoms with Crippen molar-refractivity contribution in [3.8, 4) is 0 Å². The molecular weight excluding hydrogens is 270 g/mol. The van der Waals surface area contributed by atoms with Crippen LogP contribution in [0.25, 0.3) is 0 Å². The van der Waals surface area contributed by atoms with E-state index in [1.165, 1.54) is 11.1 Å². The quantitative estimate of drug-likeness (QED) is 0.777. The van der Waals surface area contributed by atoms with Gasteiger partial charge in [-0.15, -0.1) is 0 Å². The number of amides is 1. The molecule has 0 aliphatic carbocycles. The number of carbonyl (C=O) groups excluding carboxylic acids is 1. The van der Waals surface area contributed by atoms with Crippen molar-refractivity contribution < 1.29 is 4.79 Å². The highest BCUT2D eigenvalue weighted by molar-refractivity contribution is 6.30. The van der Waals surface area contributed by atoms with Crippen molar-refractivity contribution >= 4 is 17.5 Å². The Morgan fingerprint density at radius 1 is 1.10 bits per heavy atom. The molecule has 0 N–H and O–H groups in total. The van der Waals surface area contributed by atoms with Crippen LogP contribution in [-0.2, 0) is 13.0 Å². The normalized spacial score (nSPS) is 17.7. The van der Waals surface area contributed by atoms with Gasteiger partial charge in [-0.3, -0.25) is 4.79 Å². The van der Waals surface area contributed by atoms with E-state index in [9.17, 15) is 4.79 Å². The third-order valence-corrected chi connectivity index (χ3v) is 4.11. The monoisotopic (exact) mass is 285 g/mol. The van der Waals surface area contributed by atoms with Gasteiger partial charge >= 0.3 is 0 Å². The zero-order valence-electron chi connectivity index (χ0n) is 11.3. The van der Waals surface area contributed by atoms with Gasteiger partial charge in [0, 0.05) is 23.2 Å². The Bertz CT molecular complexity index is 636. The maximum Gasteiger partial charge on any atom is 0.254 e. The minimum Gasteiger partial charge on any atom is -0.331 e. The molecular formula is C17H16ClNO. The molecule has 3 rings (SSSR count). The number of carbonyl (C=O) groups is 1. The summed E-state index contributed by atoms with van der Waals surface area (Å²) in [7, 11) is 0.